The first kappa shape index (κ1) is 16.7. The van der Waals surface area contributed by atoms with Crippen LogP contribution in [0.15, 0.2) is 40.9 Å². The van der Waals surface area contributed by atoms with Crippen LogP contribution >= 0.6 is 27.5 Å². The highest BCUT2D eigenvalue weighted by atomic mass is 79.9. The normalized spacial score (nSPS) is 10.7. The minimum atomic E-state index is -0.343. The summed E-state index contributed by atoms with van der Waals surface area (Å²) < 4.78 is 11.2. The number of anilines is 1. The molecule has 0 saturated heterocycles. The molecule has 0 unspecified atom stereocenters. The number of para-hydroxylation sites is 1. The van der Waals surface area contributed by atoms with Gasteiger partial charge in [0.25, 0.3) is 5.91 Å². The van der Waals surface area contributed by atoms with Crippen molar-refractivity contribution in [3.05, 3.63) is 51.6 Å². The molecular formula is C17H14BrClN2O3. The van der Waals surface area contributed by atoms with Crippen LogP contribution in [-0.4, -0.2) is 25.1 Å². The lowest BCUT2D eigenvalue weighted by molar-refractivity contribution is 0.102. The number of methoxy groups -OCH3 is 2. The third kappa shape index (κ3) is 2.95. The molecule has 0 aliphatic carbocycles. The molecule has 3 rings (SSSR count). The summed E-state index contributed by atoms with van der Waals surface area (Å²) in [6.07, 6.45) is 0. The summed E-state index contributed by atoms with van der Waals surface area (Å²) in [6.45, 7) is 0. The summed E-state index contributed by atoms with van der Waals surface area (Å²) in [5, 5.41) is 4.01. The number of aromatic nitrogens is 1. The number of benzene rings is 2. The lowest BCUT2D eigenvalue weighted by atomic mass is 10.2. The summed E-state index contributed by atoms with van der Waals surface area (Å²) in [6, 6.07) is 10.9. The smallest absolute Gasteiger partial charge is 0.273 e. The predicted octanol–water partition coefficient (Wildman–Crippen LogP) is 4.85. The van der Waals surface area contributed by atoms with E-state index in [1.54, 1.807) is 19.2 Å². The molecule has 0 bridgehead atoms. The van der Waals surface area contributed by atoms with Crippen molar-refractivity contribution in [2.45, 2.75) is 0 Å². The minimum absolute atomic E-state index is 0.305. The molecule has 1 amide bonds. The Bertz CT molecular complexity index is 924. The van der Waals surface area contributed by atoms with E-state index in [1.807, 2.05) is 24.3 Å². The molecule has 7 heteroatoms. The molecule has 0 atom stereocenters. The number of hydrogen-bond donors (Lipinski definition) is 2. The van der Waals surface area contributed by atoms with Gasteiger partial charge in [0.2, 0.25) is 0 Å². The molecule has 124 valence electrons. The number of carbonyl (C=O) groups is 1. The van der Waals surface area contributed by atoms with Gasteiger partial charge in [-0.15, -0.1) is 0 Å². The van der Waals surface area contributed by atoms with Crippen LogP contribution < -0.4 is 14.8 Å². The number of amides is 1. The largest absolute Gasteiger partial charge is 0.493 e. The van der Waals surface area contributed by atoms with Gasteiger partial charge in [0.05, 0.1) is 24.9 Å². The van der Waals surface area contributed by atoms with E-state index in [0.29, 0.717) is 32.4 Å². The van der Waals surface area contributed by atoms with Crippen LogP contribution in [0.25, 0.3) is 10.9 Å². The lowest BCUT2D eigenvalue weighted by Gasteiger charge is -2.12. The Morgan fingerprint density at radius 3 is 2.50 bits per heavy atom. The number of carbonyl (C=O) groups excluding carboxylic acids is 1. The second kappa shape index (κ2) is 6.75. The zero-order chi connectivity index (χ0) is 17.3. The van der Waals surface area contributed by atoms with E-state index in [0.717, 1.165) is 10.9 Å². The Balaban J connectivity index is 1.95. The third-order valence-corrected chi connectivity index (χ3v) is 4.64. The van der Waals surface area contributed by atoms with Crippen molar-refractivity contribution < 1.29 is 14.3 Å². The first-order chi connectivity index (χ1) is 11.5. The van der Waals surface area contributed by atoms with Gasteiger partial charge in [0.15, 0.2) is 11.5 Å². The number of H-pyrrole nitrogens is 1. The van der Waals surface area contributed by atoms with Crippen LogP contribution in [0.1, 0.15) is 10.5 Å². The fraction of sp³-hybridized carbons (Fsp3) is 0.118. The lowest BCUT2D eigenvalue weighted by Crippen LogP contribution is -2.13. The van der Waals surface area contributed by atoms with Crippen LogP contribution in [0.2, 0.25) is 5.02 Å². The van der Waals surface area contributed by atoms with Crippen molar-refractivity contribution in [2.24, 2.45) is 0 Å². The molecule has 1 heterocycles. The monoisotopic (exact) mass is 408 g/mol. The maximum Gasteiger partial charge on any atom is 0.273 e. The third-order valence-electron chi connectivity index (χ3n) is 3.59. The van der Waals surface area contributed by atoms with Crippen molar-refractivity contribution in [3.8, 4) is 11.5 Å². The topological polar surface area (TPSA) is 63.3 Å². The summed E-state index contributed by atoms with van der Waals surface area (Å²) in [4.78, 5) is 15.6. The van der Waals surface area contributed by atoms with Gasteiger partial charge < -0.3 is 19.8 Å². The Labute approximate surface area is 152 Å². The van der Waals surface area contributed by atoms with E-state index in [-0.39, 0.29) is 5.91 Å². The number of nitrogens with one attached hydrogen (secondary N) is 2. The molecule has 5 nitrogen and oxygen atoms in total. The van der Waals surface area contributed by atoms with E-state index in [9.17, 15) is 4.79 Å². The van der Waals surface area contributed by atoms with Gasteiger partial charge in [-0.1, -0.05) is 29.8 Å². The highest BCUT2D eigenvalue weighted by Gasteiger charge is 2.18. The summed E-state index contributed by atoms with van der Waals surface area (Å²) in [5.74, 6) is 0.730. The van der Waals surface area contributed by atoms with Gasteiger partial charge in [-0.25, -0.2) is 0 Å². The number of fused-ring (bicyclic) bond motifs is 1. The molecule has 0 radical (unpaired) electrons. The highest BCUT2D eigenvalue weighted by molar-refractivity contribution is 9.10. The van der Waals surface area contributed by atoms with Crippen LogP contribution in [0.4, 0.5) is 5.69 Å². The zero-order valence-corrected chi connectivity index (χ0v) is 15.3. The van der Waals surface area contributed by atoms with Gasteiger partial charge in [0, 0.05) is 27.5 Å². The second-order valence-corrected chi connectivity index (χ2v) is 6.23. The van der Waals surface area contributed by atoms with Crippen molar-refractivity contribution in [3.63, 3.8) is 0 Å². The maximum absolute atomic E-state index is 12.6. The van der Waals surface area contributed by atoms with Gasteiger partial charge in [-0.2, -0.15) is 0 Å². The molecule has 24 heavy (non-hydrogen) atoms. The van der Waals surface area contributed by atoms with Crippen LogP contribution in [0, 0.1) is 0 Å². The van der Waals surface area contributed by atoms with Gasteiger partial charge in [0.1, 0.15) is 5.69 Å². The zero-order valence-electron chi connectivity index (χ0n) is 12.9. The fourth-order valence-corrected chi connectivity index (χ4v) is 3.12. The van der Waals surface area contributed by atoms with Crippen molar-refractivity contribution in [2.75, 3.05) is 19.5 Å². The van der Waals surface area contributed by atoms with E-state index in [1.165, 1.54) is 7.11 Å². The predicted molar refractivity (Wildman–Crippen MR) is 98.5 cm³/mol. The summed E-state index contributed by atoms with van der Waals surface area (Å²) >= 11 is 9.73. The Hall–Kier alpha value is -2.18. The van der Waals surface area contributed by atoms with Gasteiger partial charge in [-0.05, 0) is 22.0 Å². The van der Waals surface area contributed by atoms with Crippen LogP contribution in [-0.2, 0) is 0 Å². The molecule has 0 aliphatic rings. The van der Waals surface area contributed by atoms with Crippen LogP contribution in [0.5, 0.6) is 11.5 Å². The SMILES string of the molecule is COc1cc(Br)c(NC(=O)c2[nH]c3ccccc3c2Cl)cc1OC. The maximum atomic E-state index is 12.6. The number of ether oxygens (including phenoxy) is 2. The van der Waals surface area contributed by atoms with E-state index in [2.05, 4.69) is 26.2 Å². The van der Waals surface area contributed by atoms with Gasteiger partial charge >= 0.3 is 0 Å². The Morgan fingerprint density at radius 1 is 1.17 bits per heavy atom. The molecular weight excluding hydrogens is 396 g/mol. The van der Waals surface area contributed by atoms with E-state index >= 15 is 0 Å². The average Bonchev–Trinajstić information content (AvgIpc) is 2.93. The average molecular weight is 410 g/mol. The number of halogens is 2. The standard InChI is InChI=1S/C17H14BrClN2O3/c1-23-13-7-10(18)12(8-14(13)24-2)21-17(22)16-15(19)9-5-3-4-6-11(9)20-16/h3-8,20H,1-2H3,(H,21,22). The molecule has 0 saturated carbocycles. The van der Waals surface area contributed by atoms with E-state index < -0.39 is 0 Å². The van der Waals surface area contributed by atoms with Crippen LogP contribution in [0.3, 0.4) is 0 Å². The minimum Gasteiger partial charge on any atom is -0.493 e. The molecule has 0 spiro atoms. The number of rotatable bonds is 4. The fourth-order valence-electron chi connectivity index (χ4n) is 2.40. The Morgan fingerprint density at radius 2 is 1.83 bits per heavy atom. The molecule has 1 aromatic heterocycles. The van der Waals surface area contributed by atoms with E-state index in [4.69, 9.17) is 21.1 Å². The van der Waals surface area contributed by atoms with Crippen molar-refractivity contribution in [1.82, 2.24) is 4.98 Å². The molecule has 0 aliphatic heterocycles. The number of aromatic amines is 1. The molecule has 0 fully saturated rings. The highest BCUT2D eigenvalue weighted by Crippen LogP contribution is 2.37. The molecule has 3 aromatic rings. The quantitative estimate of drug-likeness (QED) is 0.647. The van der Waals surface area contributed by atoms with Crippen molar-refractivity contribution >= 4 is 50.0 Å². The molecule has 2 aromatic carbocycles. The first-order valence-electron chi connectivity index (χ1n) is 7.04. The first-order valence-corrected chi connectivity index (χ1v) is 8.21. The summed E-state index contributed by atoms with van der Waals surface area (Å²) in [5.41, 5.74) is 1.66. The summed E-state index contributed by atoms with van der Waals surface area (Å²) in [7, 11) is 3.08. The molecule has 2 N–H and O–H groups in total. The number of hydrogen-bond acceptors (Lipinski definition) is 3. The Kier molecular flexibility index (Phi) is 4.69. The van der Waals surface area contributed by atoms with Crippen molar-refractivity contribution in [1.29, 1.82) is 0 Å². The van der Waals surface area contributed by atoms with Gasteiger partial charge in [-0.3, -0.25) is 4.79 Å². The second-order valence-electron chi connectivity index (χ2n) is 5.00.